The predicted molar refractivity (Wildman–Crippen MR) is 147 cm³/mol. The summed E-state index contributed by atoms with van der Waals surface area (Å²) in [5, 5.41) is 3.06. The van der Waals surface area contributed by atoms with Crippen molar-refractivity contribution in [2.45, 2.75) is 44.7 Å². The maximum Gasteiger partial charge on any atom is 0.264 e. The number of sulfonamides is 1. The number of nitrogens with zero attached hydrogens (tertiary/aromatic N) is 2. The fourth-order valence-electron chi connectivity index (χ4n) is 4.21. The molecule has 1 atom stereocenters. The van der Waals surface area contributed by atoms with Gasteiger partial charge >= 0.3 is 0 Å². The molecule has 0 aliphatic carbocycles. The van der Waals surface area contributed by atoms with E-state index in [2.05, 4.69) is 5.32 Å². The molecule has 0 heterocycles. The number of aryl methyl sites for hydroxylation is 2. The summed E-state index contributed by atoms with van der Waals surface area (Å²) in [6.45, 7) is 5.09. The standard InChI is InChI=1S/C28H32ClN3O4S/c1-5-25(28(34)30-4)31(18-22-11-9-10-14-24(22)29)27(33)19-32(26-16-15-20(2)17-21(26)3)37(35,36)23-12-7-6-8-13-23/h6-17,25H,5,18-19H2,1-4H3,(H,30,34)/t25-/m0/s1. The van der Waals surface area contributed by atoms with Crippen LogP contribution < -0.4 is 9.62 Å². The van der Waals surface area contributed by atoms with Gasteiger partial charge in [0.15, 0.2) is 0 Å². The van der Waals surface area contributed by atoms with E-state index in [1.165, 1.54) is 24.1 Å². The van der Waals surface area contributed by atoms with Crippen LogP contribution in [0.4, 0.5) is 5.69 Å². The fraction of sp³-hybridized carbons (Fsp3) is 0.286. The number of amides is 2. The van der Waals surface area contributed by atoms with Crippen LogP contribution in [-0.2, 0) is 26.2 Å². The molecule has 7 nitrogen and oxygen atoms in total. The molecule has 0 saturated heterocycles. The van der Waals surface area contributed by atoms with Crippen LogP contribution >= 0.6 is 11.6 Å². The van der Waals surface area contributed by atoms with Crippen LogP contribution in [0.25, 0.3) is 0 Å². The maximum atomic E-state index is 13.9. The Morgan fingerprint density at radius 1 is 0.973 bits per heavy atom. The van der Waals surface area contributed by atoms with E-state index in [1.807, 2.05) is 13.0 Å². The number of hydrogen-bond acceptors (Lipinski definition) is 4. The van der Waals surface area contributed by atoms with Crippen LogP contribution in [0.2, 0.25) is 5.02 Å². The Balaban J connectivity index is 2.10. The predicted octanol–water partition coefficient (Wildman–Crippen LogP) is 4.71. The summed E-state index contributed by atoms with van der Waals surface area (Å²) in [6, 6.07) is 19.6. The van der Waals surface area contributed by atoms with E-state index in [4.69, 9.17) is 11.6 Å². The quantitative estimate of drug-likeness (QED) is 0.403. The zero-order valence-corrected chi connectivity index (χ0v) is 23.0. The van der Waals surface area contributed by atoms with E-state index in [0.29, 0.717) is 28.3 Å². The van der Waals surface area contributed by atoms with Crippen molar-refractivity contribution in [2.24, 2.45) is 0 Å². The summed E-state index contributed by atoms with van der Waals surface area (Å²) in [5.41, 5.74) is 2.73. The fourth-order valence-corrected chi connectivity index (χ4v) is 5.91. The van der Waals surface area contributed by atoms with Crippen LogP contribution in [0.15, 0.2) is 77.7 Å². The van der Waals surface area contributed by atoms with E-state index in [-0.39, 0.29) is 17.3 Å². The van der Waals surface area contributed by atoms with Gasteiger partial charge in [0.05, 0.1) is 10.6 Å². The Bertz CT molecular complexity index is 1360. The highest BCUT2D eigenvalue weighted by Crippen LogP contribution is 2.28. The number of nitrogens with one attached hydrogen (secondary N) is 1. The first kappa shape index (κ1) is 28.2. The summed E-state index contributed by atoms with van der Waals surface area (Å²) in [5.74, 6) is -0.860. The number of carbonyl (C=O) groups excluding carboxylic acids is 2. The molecule has 0 radical (unpaired) electrons. The van der Waals surface area contributed by atoms with Gasteiger partial charge in [0.2, 0.25) is 11.8 Å². The lowest BCUT2D eigenvalue weighted by molar-refractivity contribution is -0.140. The molecule has 0 saturated carbocycles. The van der Waals surface area contributed by atoms with Gasteiger partial charge in [0.25, 0.3) is 10.0 Å². The summed E-state index contributed by atoms with van der Waals surface area (Å²) in [7, 11) is -2.59. The van der Waals surface area contributed by atoms with Crippen LogP contribution in [0, 0.1) is 13.8 Å². The van der Waals surface area contributed by atoms with Crippen molar-refractivity contribution in [2.75, 3.05) is 17.9 Å². The van der Waals surface area contributed by atoms with E-state index in [9.17, 15) is 18.0 Å². The second-order valence-corrected chi connectivity index (χ2v) is 11.0. The molecule has 0 aromatic heterocycles. The number of anilines is 1. The van der Waals surface area contributed by atoms with Gasteiger partial charge in [-0.05, 0) is 55.7 Å². The molecule has 3 rings (SSSR count). The average Bonchev–Trinajstić information content (AvgIpc) is 2.88. The molecule has 3 aromatic rings. The minimum absolute atomic E-state index is 0.0521. The summed E-state index contributed by atoms with van der Waals surface area (Å²) in [6.07, 6.45) is 0.338. The molecule has 2 amide bonds. The van der Waals surface area contributed by atoms with Crippen molar-refractivity contribution in [1.82, 2.24) is 10.2 Å². The highest BCUT2D eigenvalue weighted by Gasteiger charge is 2.34. The first-order chi connectivity index (χ1) is 17.6. The lowest BCUT2D eigenvalue weighted by atomic mass is 10.1. The summed E-state index contributed by atoms with van der Waals surface area (Å²) in [4.78, 5) is 28.1. The monoisotopic (exact) mass is 541 g/mol. The van der Waals surface area contributed by atoms with Crippen LogP contribution in [0.3, 0.4) is 0 Å². The van der Waals surface area contributed by atoms with Gasteiger partial charge in [0, 0.05) is 18.6 Å². The largest absolute Gasteiger partial charge is 0.357 e. The van der Waals surface area contributed by atoms with E-state index in [1.54, 1.807) is 68.4 Å². The highest BCUT2D eigenvalue weighted by atomic mass is 35.5. The Morgan fingerprint density at radius 3 is 2.22 bits per heavy atom. The van der Waals surface area contributed by atoms with Gasteiger partial charge in [-0.1, -0.05) is 72.6 Å². The smallest absolute Gasteiger partial charge is 0.264 e. The number of likely N-dealkylation sites (N-methyl/N-ethyl adjacent to an activating group) is 1. The SMILES string of the molecule is CC[C@@H](C(=O)NC)N(Cc1ccccc1Cl)C(=O)CN(c1ccc(C)cc1C)S(=O)(=O)c1ccccc1. The zero-order chi connectivity index (χ0) is 27.2. The van der Waals surface area contributed by atoms with Gasteiger partial charge in [-0.15, -0.1) is 0 Å². The van der Waals surface area contributed by atoms with Crippen molar-refractivity contribution in [1.29, 1.82) is 0 Å². The molecular formula is C28H32ClN3O4S. The Kier molecular flexibility index (Phi) is 9.34. The Labute approximate surface area is 224 Å². The topological polar surface area (TPSA) is 86.8 Å². The van der Waals surface area contributed by atoms with Gasteiger partial charge in [0.1, 0.15) is 12.6 Å². The molecule has 37 heavy (non-hydrogen) atoms. The third-order valence-electron chi connectivity index (χ3n) is 6.16. The Morgan fingerprint density at radius 2 is 1.62 bits per heavy atom. The van der Waals surface area contributed by atoms with Crippen molar-refractivity contribution in [3.63, 3.8) is 0 Å². The second-order valence-electron chi connectivity index (χ2n) is 8.77. The molecule has 0 aliphatic rings. The minimum Gasteiger partial charge on any atom is -0.357 e. The molecule has 1 N–H and O–H groups in total. The number of benzene rings is 3. The first-order valence-corrected chi connectivity index (χ1v) is 13.8. The van der Waals surface area contributed by atoms with E-state index in [0.717, 1.165) is 9.87 Å². The molecular weight excluding hydrogens is 510 g/mol. The summed E-state index contributed by atoms with van der Waals surface area (Å²) < 4.78 is 28.8. The Hall–Kier alpha value is -3.36. The molecule has 0 bridgehead atoms. The highest BCUT2D eigenvalue weighted by molar-refractivity contribution is 7.92. The van der Waals surface area contributed by atoms with Crippen molar-refractivity contribution < 1.29 is 18.0 Å². The number of carbonyl (C=O) groups is 2. The third kappa shape index (κ3) is 6.50. The zero-order valence-electron chi connectivity index (χ0n) is 21.4. The third-order valence-corrected chi connectivity index (χ3v) is 8.30. The maximum absolute atomic E-state index is 13.9. The van der Waals surface area contributed by atoms with Crippen molar-refractivity contribution in [3.05, 3.63) is 94.5 Å². The normalized spacial score (nSPS) is 12.0. The van der Waals surface area contributed by atoms with E-state index < -0.39 is 28.5 Å². The molecule has 0 spiro atoms. The van der Waals surface area contributed by atoms with Crippen molar-refractivity contribution >= 4 is 39.1 Å². The molecule has 196 valence electrons. The minimum atomic E-state index is -4.10. The second kappa shape index (κ2) is 12.3. The van der Waals surface area contributed by atoms with Gasteiger partial charge < -0.3 is 10.2 Å². The first-order valence-electron chi connectivity index (χ1n) is 12.0. The van der Waals surface area contributed by atoms with Crippen molar-refractivity contribution in [3.8, 4) is 0 Å². The number of halogens is 1. The van der Waals surface area contributed by atoms with Gasteiger partial charge in [-0.25, -0.2) is 8.42 Å². The summed E-state index contributed by atoms with van der Waals surface area (Å²) >= 11 is 6.38. The number of hydrogen-bond donors (Lipinski definition) is 1. The van der Waals surface area contributed by atoms with Gasteiger partial charge in [-0.3, -0.25) is 13.9 Å². The van der Waals surface area contributed by atoms with E-state index >= 15 is 0 Å². The van der Waals surface area contributed by atoms with Crippen LogP contribution in [-0.4, -0.2) is 44.8 Å². The molecule has 0 unspecified atom stereocenters. The molecule has 0 fully saturated rings. The van der Waals surface area contributed by atoms with Gasteiger partial charge in [-0.2, -0.15) is 0 Å². The molecule has 0 aliphatic heterocycles. The number of rotatable bonds is 10. The lowest BCUT2D eigenvalue weighted by Gasteiger charge is -2.33. The van der Waals surface area contributed by atoms with Crippen LogP contribution in [0.5, 0.6) is 0 Å². The molecule has 3 aromatic carbocycles. The average molecular weight is 542 g/mol. The lowest BCUT2D eigenvalue weighted by Crippen LogP contribution is -2.51. The van der Waals surface area contributed by atoms with Crippen LogP contribution in [0.1, 0.15) is 30.0 Å². The molecule has 9 heteroatoms.